The molecule has 0 saturated heterocycles. The van der Waals surface area contributed by atoms with Crippen molar-refractivity contribution in [1.29, 1.82) is 0 Å². The van der Waals surface area contributed by atoms with E-state index in [1.54, 1.807) is 13.0 Å². The van der Waals surface area contributed by atoms with Gasteiger partial charge in [0.05, 0.1) is 17.2 Å². The molecule has 0 aliphatic rings. The van der Waals surface area contributed by atoms with Crippen LogP contribution in [0.5, 0.6) is 0 Å². The van der Waals surface area contributed by atoms with E-state index in [0.29, 0.717) is 15.9 Å². The molecule has 1 heterocycles. The number of carbonyl (C=O) groups excluding carboxylic acids is 1. The number of hydrogen-bond donors (Lipinski definition) is 1. The van der Waals surface area contributed by atoms with Gasteiger partial charge in [-0.1, -0.05) is 23.2 Å². The van der Waals surface area contributed by atoms with Crippen LogP contribution in [0, 0.1) is 0 Å². The number of halogens is 2. The van der Waals surface area contributed by atoms with Crippen molar-refractivity contribution in [3.63, 3.8) is 0 Å². The van der Waals surface area contributed by atoms with Crippen molar-refractivity contribution in [3.05, 3.63) is 22.3 Å². The highest BCUT2D eigenvalue weighted by molar-refractivity contribution is 6.36. The third-order valence-corrected chi connectivity index (χ3v) is 2.21. The first kappa shape index (κ1) is 12.1. The predicted octanol–water partition coefficient (Wildman–Crippen LogP) is 2.36. The molecule has 1 unspecified atom stereocenters. The fourth-order valence-electron chi connectivity index (χ4n) is 0.962. The fourth-order valence-corrected chi connectivity index (χ4v) is 1.40. The topological polar surface area (TPSA) is 51.2 Å². The summed E-state index contributed by atoms with van der Waals surface area (Å²) in [6, 6.07) is 1.03. The van der Waals surface area contributed by atoms with E-state index in [4.69, 9.17) is 23.2 Å². The van der Waals surface area contributed by atoms with Gasteiger partial charge < -0.3 is 10.1 Å². The highest BCUT2D eigenvalue weighted by Crippen LogP contribution is 2.22. The molecule has 0 bridgehead atoms. The normalized spacial score (nSPS) is 12.0. The number of methoxy groups -OCH3 is 1. The zero-order valence-corrected chi connectivity index (χ0v) is 9.76. The van der Waals surface area contributed by atoms with Gasteiger partial charge in [0.1, 0.15) is 11.9 Å². The minimum atomic E-state index is -0.513. The number of pyridine rings is 1. The van der Waals surface area contributed by atoms with Gasteiger partial charge in [0.2, 0.25) is 0 Å². The lowest BCUT2D eigenvalue weighted by Gasteiger charge is -2.12. The summed E-state index contributed by atoms with van der Waals surface area (Å²) < 4.78 is 4.55. The number of rotatable bonds is 3. The van der Waals surface area contributed by atoms with Crippen LogP contribution >= 0.6 is 23.2 Å². The van der Waals surface area contributed by atoms with E-state index in [-0.39, 0.29) is 5.97 Å². The molecule has 0 saturated carbocycles. The minimum absolute atomic E-state index is 0.359. The number of anilines is 1. The lowest BCUT2D eigenvalue weighted by Crippen LogP contribution is -2.27. The Bertz CT molecular complexity index is 371. The summed E-state index contributed by atoms with van der Waals surface area (Å²) in [5, 5.41) is 3.61. The predicted molar refractivity (Wildman–Crippen MR) is 59.4 cm³/mol. The van der Waals surface area contributed by atoms with Crippen LogP contribution in [0.15, 0.2) is 12.3 Å². The fraction of sp³-hybridized carbons (Fsp3) is 0.333. The molecule has 1 N–H and O–H groups in total. The van der Waals surface area contributed by atoms with Crippen LogP contribution in [0.2, 0.25) is 10.0 Å². The second-order valence-corrected chi connectivity index (χ2v) is 3.72. The molecule has 0 aliphatic heterocycles. The van der Waals surface area contributed by atoms with Gasteiger partial charge in [-0.25, -0.2) is 9.78 Å². The van der Waals surface area contributed by atoms with Crippen LogP contribution < -0.4 is 5.32 Å². The Hall–Kier alpha value is -1.000. The Balaban J connectivity index is 2.76. The molecular weight excluding hydrogens is 239 g/mol. The standard InChI is InChI=1S/C9H10Cl2N2O2/c1-5(9(14)15-2)13-8-7(11)3-6(10)4-12-8/h3-5H,1-2H3,(H,12,13). The molecule has 0 spiro atoms. The van der Waals surface area contributed by atoms with Crippen LogP contribution in [-0.4, -0.2) is 24.1 Å². The van der Waals surface area contributed by atoms with Crippen molar-refractivity contribution < 1.29 is 9.53 Å². The number of hydrogen-bond acceptors (Lipinski definition) is 4. The van der Waals surface area contributed by atoms with E-state index in [1.807, 2.05) is 0 Å². The summed E-state index contributed by atoms with van der Waals surface area (Å²) in [6.07, 6.45) is 1.44. The molecule has 0 aliphatic carbocycles. The monoisotopic (exact) mass is 248 g/mol. The van der Waals surface area contributed by atoms with Crippen molar-refractivity contribution in [3.8, 4) is 0 Å². The van der Waals surface area contributed by atoms with Crippen LogP contribution in [0.25, 0.3) is 0 Å². The number of nitrogens with one attached hydrogen (secondary N) is 1. The Labute approximate surface area is 97.5 Å². The molecule has 1 atom stereocenters. The van der Waals surface area contributed by atoms with E-state index < -0.39 is 6.04 Å². The SMILES string of the molecule is COC(=O)C(C)Nc1ncc(Cl)cc1Cl. The molecular formula is C9H10Cl2N2O2. The van der Waals surface area contributed by atoms with E-state index in [9.17, 15) is 4.79 Å². The molecule has 1 aromatic rings. The van der Waals surface area contributed by atoms with E-state index in [1.165, 1.54) is 13.3 Å². The van der Waals surface area contributed by atoms with Crippen LogP contribution in [0.4, 0.5) is 5.82 Å². The summed E-state index contributed by atoms with van der Waals surface area (Å²) in [5.74, 6) is 0.0155. The number of aromatic nitrogens is 1. The molecule has 0 radical (unpaired) electrons. The molecule has 6 heteroatoms. The average Bonchev–Trinajstić information content (AvgIpc) is 2.20. The van der Waals surface area contributed by atoms with Crippen LogP contribution in [-0.2, 0) is 9.53 Å². The van der Waals surface area contributed by atoms with Gasteiger partial charge in [0.25, 0.3) is 0 Å². The summed E-state index contributed by atoms with van der Waals surface area (Å²) in [6.45, 7) is 1.65. The maximum Gasteiger partial charge on any atom is 0.328 e. The van der Waals surface area contributed by atoms with Crippen molar-refractivity contribution in [2.45, 2.75) is 13.0 Å². The Morgan fingerprint density at radius 3 is 2.80 bits per heavy atom. The summed E-state index contributed by atoms with van der Waals surface area (Å²) in [5.41, 5.74) is 0. The number of nitrogens with zero attached hydrogens (tertiary/aromatic N) is 1. The quantitative estimate of drug-likeness (QED) is 0.835. The summed E-state index contributed by atoms with van der Waals surface area (Å²) in [7, 11) is 1.32. The maximum atomic E-state index is 11.1. The van der Waals surface area contributed by atoms with Gasteiger partial charge in [-0.05, 0) is 13.0 Å². The maximum absolute atomic E-state index is 11.1. The average molecular weight is 249 g/mol. The second kappa shape index (κ2) is 5.19. The van der Waals surface area contributed by atoms with E-state index >= 15 is 0 Å². The van der Waals surface area contributed by atoms with Gasteiger partial charge in [0, 0.05) is 6.20 Å². The van der Waals surface area contributed by atoms with E-state index in [0.717, 1.165) is 0 Å². The third kappa shape index (κ3) is 3.25. The number of carbonyl (C=O) groups is 1. The highest BCUT2D eigenvalue weighted by atomic mass is 35.5. The first-order valence-electron chi connectivity index (χ1n) is 4.20. The Morgan fingerprint density at radius 1 is 1.60 bits per heavy atom. The number of ether oxygens (including phenoxy) is 1. The van der Waals surface area contributed by atoms with Crippen molar-refractivity contribution in [2.24, 2.45) is 0 Å². The van der Waals surface area contributed by atoms with Crippen molar-refractivity contribution in [1.82, 2.24) is 4.98 Å². The van der Waals surface area contributed by atoms with Crippen LogP contribution in [0.1, 0.15) is 6.92 Å². The third-order valence-electron chi connectivity index (χ3n) is 1.72. The van der Waals surface area contributed by atoms with E-state index in [2.05, 4.69) is 15.0 Å². The van der Waals surface area contributed by atoms with Gasteiger partial charge >= 0.3 is 5.97 Å². The Kier molecular flexibility index (Phi) is 4.17. The lowest BCUT2D eigenvalue weighted by atomic mass is 10.3. The lowest BCUT2D eigenvalue weighted by molar-refractivity contribution is -0.141. The zero-order valence-electron chi connectivity index (χ0n) is 8.25. The molecule has 0 amide bonds. The minimum Gasteiger partial charge on any atom is -0.467 e. The molecule has 82 valence electrons. The Morgan fingerprint density at radius 2 is 2.27 bits per heavy atom. The summed E-state index contributed by atoms with van der Waals surface area (Å²) in [4.78, 5) is 15.1. The number of esters is 1. The molecule has 0 fully saturated rings. The molecule has 0 aromatic carbocycles. The highest BCUT2D eigenvalue weighted by Gasteiger charge is 2.14. The van der Waals surface area contributed by atoms with Gasteiger partial charge in [-0.3, -0.25) is 0 Å². The van der Waals surface area contributed by atoms with Gasteiger partial charge in [-0.2, -0.15) is 0 Å². The van der Waals surface area contributed by atoms with Gasteiger partial charge in [0.15, 0.2) is 0 Å². The van der Waals surface area contributed by atoms with Crippen molar-refractivity contribution >= 4 is 35.0 Å². The molecule has 1 rings (SSSR count). The smallest absolute Gasteiger partial charge is 0.328 e. The first-order valence-corrected chi connectivity index (χ1v) is 4.95. The van der Waals surface area contributed by atoms with Crippen LogP contribution in [0.3, 0.4) is 0 Å². The zero-order chi connectivity index (χ0) is 11.4. The second-order valence-electron chi connectivity index (χ2n) is 2.87. The molecule has 4 nitrogen and oxygen atoms in total. The van der Waals surface area contributed by atoms with Gasteiger partial charge in [-0.15, -0.1) is 0 Å². The molecule has 1 aromatic heterocycles. The molecule has 15 heavy (non-hydrogen) atoms. The summed E-state index contributed by atoms with van der Waals surface area (Å²) >= 11 is 11.5. The van der Waals surface area contributed by atoms with Crippen molar-refractivity contribution in [2.75, 3.05) is 12.4 Å². The first-order chi connectivity index (χ1) is 7.04. The largest absolute Gasteiger partial charge is 0.467 e.